The van der Waals surface area contributed by atoms with Crippen LogP contribution < -0.4 is 11.1 Å². The molecule has 0 saturated heterocycles. The molecule has 0 aliphatic rings. The van der Waals surface area contributed by atoms with Crippen LogP contribution in [0.4, 0.5) is 5.13 Å². The van der Waals surface area contributed by atoms with Gasteiger partial charge in [-0.3, -0.25) is 10.1 Å². The van der Waals surface area contributed by atoms with Gasteiger partial charge in [0.05, 0.1) is 0 Å². The number of nitrogens with zero attached hydrogens (tertiary/aromatic N) is 2. The van der Waals surface area contributed by atoms with E-state index in [-0.39, 0.29) is 18.3 Å². The first-order chi connectivity index (χ1) is 10.3. The first kappa shape index (κ1) is 20.0. The molecule has 0 saturated carbocycles. The maximum Gasteiger partial charge on any atom is 0.250 e. The van der Waals surface area contributed by atoms with E-state index in [1.807, 2.05) is 24.3 Å². The average molecular weight is 420 g/mol. The second-order valence-electron chi connectivity index (χ2n) is 5.76. The summed E-state index contributed by atoms with van der Waals surface area (Å²) >= 11 is 4.75. The minimum atomic E-state index is -1.13. The molecule has 1 heterocycles. The number of anilines is 1. The minimum absolute atomic E-state index is 0. The highest BCUT2D eigenvalue weighted by atomic mass is 79.9. The number of carbonyl (C=O) groups is 1. The number of aromatic nitrogens is 2. The number of rotatable bonds is 5. The molecule has 1 atom stereocenters. The van der Waals surface area contributed by atoms with Crippen molar-refractivity contribution in [2.24, 2.45) is 11.7 Å². The second-order valence-corrected chi connectivity index (χ2v) is 7.74. The van der Waals surface area contributed by atoms with Gasteiger partial charge in [-0.1, -0.05) is 53.2 Å². The molecule has 8 heteroatoms. The Labute approximate surface area is 154 Å². The van der Waals surface area contributed by atoms with Crippen LogP contribution in [0.15, 0.2) is 28.7 Å². The van der Waals surface area contributed by atoms with E-state index in [2.05, 4.69) is 45.3 Å². The quantitative estimate of drug-likeness (QED) is 0.773. The third kappa shape index (κ3) is 5.24. The molecule has 2 rings (SSSR count). The van der Waals surface area contributed by atoms with E-state index < -0.39 is 5.54 Å². The lowest BCUT2D eigenvalue weighted by Gasteiger charge is -2.23. The van der Waals surface area contributed by atoms with E-state index in [0.29, 0.717) is 11.0 Å². The van der Waals surface area contributed by atoms with Gasteiger partial charge in [-0.05, 0) is 30.5 Å². The van der Waals surface area contributed by atoms with E-state index in [0.717, 1.165) is 21.5 Å². The van der Waals surface area contributed by atoms with Gasteiger partial charge < -0.3 is 5.73 Å². The Hall–Kier alpha value is -1.02. The van der Waals surface area contributed by atoms with Gasteiger partial charge in [0.25, 0.3) is 5.91 Å². The molecular weight excluding hydrogens is 400 g/mol. The Balaban J connectivity index is 0.00000264. The van der Waals surface area contributed by atoms with Crippen molar-refractivity contribution in [1.82, 2.24) is 10.2 Å². The summed E-state index contributed by atoms with van der Waals surface area (Å²) in [6.45, 7) is 5.91. The minimum Gasteiger partial charge on any atom is -0.314 e. The van der Waals surface area contributed by atoms with Crippen molar-refractivity contribution < 1.29 is 4.79 Å². The fraction of sp³-hybridized carbons (Fsp3) is 0.400. The van der Waals surface area contributed by atoms with Crippen LogP contribution in [0.25, 0.3) is 0 Å². The molecule has 1 aromatic heterocycles. The van der Waals surface area contributed by atoms with Crippen molar-refractivity contribution in [3.8, 4) is 0 Å². The normalized spacial score (nSPS) is 13.3. The molecule has 1 aromatic carbocycles. The smallest absolute Gasteiger partial charge is 0.250 e. The zero-order valence-corrected chi connectivity index (χ0v) is 16.4. The standard InChI is InChI=1S/C15H19BrN4OS.ClH/c1-9(2)8-12-19-20-14(22-12)18-13(21)15(3,17)10-4-6-11(16)7-5-10;/h4-7,9H,8,17H2,1-3H3,(H,18,20,21);1H. The lowest BCUT2D eigenvalue weighted by Crippen LogP contribution is -2.45. The third-order valence-corrected chi connectivity index (χ3v) is 4.58. The molecule has 1 amide bonds. The lowest BCUT2D eigenvalue weighted by atomic mass is 9.92. The number of hydrogen-bond donors (Lipinski definition) is 2. The van der Waals surface area contributed by atoms with E-state index >= 15 is 0 Å². The topological polar surface area (TPSA) is 80.9 Å². The first-order valence-electron chi connectivity index (χ1n) is 6.98. The fourth-order valence-corrected chi connectivity index (χ4v) is 3.10. The van der Waals surface area contributed by atoms with Crippen LogP contribution in [0, 0.1) is 5.92 Å². The van der Waals surface area contributed by atoms with Crippen molar-refractivity contribution in [2.75, 3.05) is 5.32 Å². The van der Waals surface area contributed by atoms with E-state index in [4.69, 9.17) is 5.73 Å². The summed E-state index contributed by atoms with van der Waals surface area (Å²) in [7, 11) is 0. The number of halogens is 2. The molecule has 0 bridgehead atoms. The maximum absolute atomic E-state index is 12.4. The zero-order valence-electron chi connectivity index (χ0n) is 13.2. The van der Waals surface area contributed by atoms with Crippen LogP contribution in [0.1, 0.15) is 31.3 Å². The van der Waals surface area contributed by atoms with Gasteiger partial charge in [-0.15, -0.1) is 22.6 Å². The van der Waals surface area contributed by atoms with Crippen molar-refractivity contribution >= 4 is 50.7 Å². The maximum atomic E-state index is 12.4. The number of hydrogen-bond acceptors (Lipinski definition) is 5. The van der Waals surface area contributed by atoms with Crippen molar-refractivity contribution in [1.29, 1.82) is 0 Å². The van der Waals surface area contributed by atoms with Gasteiger partial charge in [0.1, 0.15) is 10.5 Å². The van der Waals surface area contributed by atoms with Gasteiger partial charge in [-0.2, -0.15) is 0 Å². The Morgan fingerprint density at radius 1 is 1.35 bits per heavy atom. The number of benzene rings is 1. The number of carbonyl (C=O) groups excluding carboxylic acids is 1. The predicted molar refractivity (Wildman–Crippen MR) is 100 cm³/mol. The molecule has 0 spiro atoms. The van der Waals surface area contributed by atoms with E-state index in [1.165, 1.54) is 11.3 Å². The van der Waals surface area contributed by atoms with Crippen LogP contribution in [0.3, 0.4) is 0 Å². The second kappa shape index (κ2) is 8.19. The van der Waals surface area contributed by atoms with Crippen LogP contribution in [-0.2, 0) is 16.8 Å². The van der Waals surface area contributed by atoms with Crippen molar-refractivity contribution in [3.63, 3.8) is 0 Å². The molecule has 3 N–H and O–H groups in total. The van der Waals surface area contributed by atoms with Gasteiger partial charge in [-0.25, -0.2) is 0 Å². The highest BCUT2D eigenvalue weighted by molar-refractivity contribution is 9.10. The van der Waals surface area contributed by atoms with E-state index in [9.17, 15) is 4.79 Å². The summed E-state index contributed by atoms with van der Waals surface area (Å²) in [5, 5.41) is 12.2. The van der Waals surface area contributed by atoms with Crippen LogP contribution in [0.2, 0.25) is 0 Å². The van der Waals surface area contributed by atoms with Crippen molar-refractivity contribution in [2.45, 2.75) is 32.7 Å². The molecule has 23 heavy (non-hydrogen) atoms. The van der Waals surface area contributed by atoms with Gasteiger partial charge in [0.15, 0.2) is 0 Å². The predicted octanol–water partition coefficient (Wildman–Crippen LogP) is 3.73. The summed E-state index contributed by atoms with van der Waals surface area (Å²) in [5.41, 5.74) is 5.80. The number of amides is 1. The average Bonchev–Trinajstić information content (AvgIpc) is 2.85. The third-order valence-electron chi connectivity index (χ3n) is 3.19. The Morgan fingerprint density at radius 2 is 1.96 bits per heavy atom. The molecule has 2 aromatic rings. The Bertz CT molecular complexity index is 658. The van der Waals surface area contributed by atoms with Crippen LogP contribution in [-0.4, -0.2) is 16.1 Å². The first-order valence-corrected chi connectivity index (χ1v) is 8.58. The summed E-state index contributed by atoms with van der Waals surface area (Å²) < 4.78 is 0.940. The number of nitrogens with one attached hydrogen (secondary N) is 1. The molecular formula is C15H20BrClN4OS. The summed E-state index contributed by atoms with van der Waals surface area (Å²) in [6, 6.07) is 7.38. The van der Waals surface area contributed by atoms with Gasteiger partial charge >= 0.3 is 0 Å². The summed E-state index contributed by atoms with van der Waals surface area (Å²) in [5.74, 6) is 0.195. The SMILES string of the molecule is CC(C)Cc1nnc(NC(=O)C(C)(N)c2ccc(Br)cc2)s1.Cl. The molecule has 126 valence electrons. The molecule has 0 aliphatic carbocycles. The largest absolute Gasteiger partial charge is 0.314 e. The molecule has 0 radical (unpaired) electrons. The monoisotopic (exact) mass is 418 g/mol. The molecule has 5 nitrogen and oxygen atoms in total. The summed E-state index contributed by atoms with van der Waals surface area (Å²) in [4.78, 5) is 12.4. The van der Waals surface area contributed by atoms with E-state index in [1.54, 1.807) is 6.92 Å². The highest BCUT2D eigenvalue weighted by Crippen LogP contribution is 2.24. The zero-order chi connectivity index (χ0) is 16.3. The van der Waals surface area contributed by atoms with Crippen LogP contribution in [0.5, 0.6) is 0 Å². The molecule has 1 unspecified atom stereocenters. The van der Waals surface area contributed by atoms with Gasteiger partial charge in [0.2, 0.25) is 5.13 Å². The Kier molecular flexibility index (Phi) is 7.13. The molecule has 0 fully saturated rings. The molecule has 0 aliphatic heterocycles. The lowest BCUT2D eigenvalue weighted by molar-refractivity contribution is -0.120. The van der Waals surface area contributed by atoms with Crippen LogP contribution >= 0.6 is 39.7 Å². The van der Waals surface area contributed by atoms with Crippen molar-refractivity contribution in [3.05, 3.63) is 39.3 Å². The highest BCUT2D eigenvalue weighted by Gasteiger charge is 2.31. The fourth-order valence-electron chi connectivity index (χ4n) is 1.89. The Morgan fingerprint density at radius 3 is 2.52 bits per heavy atom. The van der Waals surface area contributed by atoms with Gasteiger partial charge in [0, 0.05) is 10.9 Å². The number of nitrogens with two attached hydrogens (primary N) is 1. The summed E-state index contributed by atoms with van der Waals surface area (Å²) in [6.07, 6.45) is 0.847.